The van der Waals surface area contributed by atoms with Gasteiger partial charge in [-0.3, -0.25) is 4.90 Å². The van der Waals surface area contributed by atoms with Gasteiger partial charge in [-0.1, -0.05) is 41.9 Å². The molecule has 2 rings (SSSR count). The van der Waals surface area contributed by atoms with Gasteiger partial charge in [0.2, 0.25) is 0 Å². The Morgan fingerprint density at radius 1 is 1.41 bits per heavy atom. The first-order chi connectivity index (χ1) is 8.26. The lowest BCUT2D eigenvalue weighted by molar-refractivity contribution is 0.0981. The van der Waals surface area contributed by atoms with Crippen molar-refractivity contribution in [1.82, 2.24) is 10.2 Å². The summed E-state index contributed by atoms with van der Waals surface area (Å²) < 4.78 is 1.18. The molecule has 1 aromatic carbocycles. The number of hydrogen-bond acceptors (Lipinski definition) is 2. The minimum atomic E-state index is 0.546. The zero-order valence-corrected chi connectivity index (χ0v) is 12.2. The van der Waals surface area contributed by atoms with E-state index in [1.54, 1.807) is 0 Å². The fourth-order valence-electron chi connectivity index (χ4n) is 2.62. The van der Waals surface area contributed by atoms with Crippen molar-refractivity contribution in [2.24, 2.45) is 0 Å². The van der Waals surface area contributed by atoms with Crippen LogP contribution in [0.25, 0.3) is 0 Å². The van der Waals surface area contributed by atoms with Crippen LogP contribution in [0.5, 0.6) is 0 Å². The van der Waals surface area contributed by atoms with E-state index in [9.17, 15) is 0 Å². The molecular weight excluding hydrogens is 276 g/mol. The monoisotopic (exact) mass is 296 g/mol. The van der Waals surface area contributed by atoms with Crippen molar-refractivity contribution in [3.05, 3.63) is 34.3 Å². The third kappa shape index (κ3) is 2.90. The Balaban J connectivity index is 2.18. The quantitative estimate of drug-likeness (QED) is 0.898. The Morgan fingerprint density at radius 3 is 2.65 bits per heavy atom. The van der Waals surface area contributed by atoms with Gasteiger partial charge < -0.3 is 5.32 Å². The van der Waals surface area contributed by atoms with Crippen LogP contribution in [-0.4, -0.2) is 30.6 Å². The van der Waals surface area contributed by atoms with E-state index in [1.165, 1.54) is 16.5 Å². The van der Waals surface area contributed by atoms with Gasteiger partial charge in [-0.15, -0.1) is 0 Å². The molecule has 0 aliphatic carbocycles. The largest absolute Gasteiger partial charge is 0.314 e. The second-order valence-electron chi connectivity index (χ2n) is 4.62. The van der Waals surface area contributed by atoms with Crippen molar-refractivity contribution in [3.8, 4) is 0 Å². The van der Waals surface area contributed by atoms with E-state index in [0.29, 0.717) is 12.1 Å². The maximum Gasteiger partial charge on any atom is 0.0351 e. The predicted octanol–water partition coefficient (Wildman–Crippen LogP) is 3.19. The van der Waals surface area contributed by atoms with Crippen molar-refractivity contribution in [1.29, 1.82) is 0 Å². The number of rotatable bonds is 5. The SMILES string of the molecule is CCC(c1cccc(Br)c1)N(CC)C1CNC1. The van der Waals surface area contributed by atoms with Gasteiger partial charge in [0.25, 0.3) is 0 Å². The van der Waals surface area contributed by atoms with Crippen LogP contribution >= 0.6 is 15.9 Å². The smallest absolute Gasteiger partial charge is 0.0351 e. The Morgan fingerprint density at radius 2 is 2.18 bits per heavy atom. The maximum atomic E-state index is 3.57. The standard InChI is InChI=1S/C14H21BrN2/c1-3-14(11-6-5-7-12(15)8-11)17(4-2)13-9-16-10-13/h5-8,13-14,16H,3-4,9-10H2,1-2H3. The van der Waals surface area contributed by atoms with Crippen LogP contribution in [-0.2, 0) is 0 Å². The highest BCUT2D eigenvalue weighted by atomic mass is 79.9. The molecule has 0 spiro atoms. The summed E-state index contributed by atoms with van der Waals surface area (Å²) in [5.41, 5.74) is 1.43. The summed E-state index contributed by atoms with van der Waals surface area (Å²) in [6, 6.07) is 9.98. The highest BCUT2D eigenvalue weighted by Crippen LogP contribution is 2.28. The molecule has 1 aliphatic heterocycles. The van der Waals surface area contributed by atoms with Crippen LogP contribution in [0.4, 0.5) is 0 Å². The lowest BCUT2D eigenvalue weighted by Gasteiger charge is -2.42. The van der Waals surface area contributed by atoms with Crippen LogP contribution in [0.2, 0.25) is 0 Å². The third-order valence-corrected chi connectivity index (χ3v) is 4.11. The van der Waals surface area contributed by atoms with E-state index in [1.807, 2.05) is 0 Å². The molecule has 17 heavy (non-hydrogen) atoms. The second-order valence-corrected chi connectivity index (χ2v) is 5.54. The van der Waals surface area contributed by atoms with Crippen molar-refractivity contribution in [3.63, 3.8) is 0 Å². The van der Waals surface area contributed by atoms with Crippen LogP contribution in [0.3, 0.4) is 0 Å². The van der Waals surface area contributed by atoms with E-state index >= 15 is 0 Å². The normalized spacial score (nSPS) is 18.1. The van der Waals surface area contributed by atoms with E-state index in [0.717, 1.165) is 19.6 Å². The zero-order chi connectivity index (χ0) is 12.3. The topological polar surface area (TPSA) is 15.3 Å². The van der Waals surface area contributed by atoms with Crippen molar-refractivity contribution in [2.75, 3.05) is 19.6 Å². The first-order valence-corrected chi connectivity index (χ1v) is 7.27. The summed E-state index contributed by atoms with van der Waals surface area (Å²) in [7, 11) is 0. The van der Waals surface area contributed by atoms with Gasteiger partial charge in [0, 0.05) is 29.6 Å². The molecule has 1 heterocycles. The minimum Gasteiger partial charge on any atom is -0.314 e. The van der Waals surface area contributed by atoms with E-state index in [-0.39, 0.29) is 0 Å². The molecule has 0 amide bonds. The van der Waals surface area contributed by atoms with Crippen LogP contribution in [0.15, 0.2) is 28.7 Å². The number of likely N-dealkylation sites (N-methyl/N-ethyl adjacent to an activating group) is 1. The molecular formula is C14H21BrN2. The molecule has 2 nitrogen and oxygen atoms in total. The molecule has 1 N–H and O–H groups in total. The van der Waals surface area contributed by atoms with Crippen LogP contribution in [0.1, 0.15) is 31.9 Å². The Bertz CT molecular complexity index is 363. The highest BCUT2D eigenvalue weighted by molar-refractivity contribution is 9.10. The first kappa shape index (κ1) is 13.1. The Hall–Kier alpha value is -0.380. The van der Waals surface area contributed by atoms with Crippen molar-refractivity contribution in [2.45, 2.75) is 32.4 Å². The van der Waals surface area contributed by atoms with Gasteiger partial charge in [0.05, 0.1) is 0 Å². The molecule has 3 heteroatoms. The van der Waals surface area contributed by atoms with E-state index < -0.39 is 0 Å². The van der Waals surface area contributed by atoms with Crippen molar-refractivity contribution >= 4 is 15.9 Å². The van der Waals surface area contributed by atoms with Gasteiger partial charge in [-0.2, -0.15) is 0 Å². The molecule has 94 valence electrons. The summed E-state index contributed by atoms with van der Waals surface area (Å²) in [6.07, 6.45) is 1.17. The lowest BCUT2D eigenvalue weighted by Crippen LogP contribution is -2.57. The zero-order valence-electron chi connectivity index (χ0n) is 10.6. The summed E-state index contributed by atoms with van der Waals surface area (Å²) in [6.45, 7) is 7.94. The number of nitrogens with one attached hydrogen (secondary N) is 1. The number of benzene rings is 1. The number of nitrogens with zero attached hydrogens (tertiary/aromatic N) is 1. The van der Waals surface area contributed by atoms with Gasteiger partial charge in [0.1, 0.15) is 0 Å². The summed E-state index contributed by atoms with van der Waals surface area (Å²) in [5, 5.41) is 3.37. The fraction of sp³-hybridized carbons (Fsp3) is 0.571. The lowest BCUT2D eigenvalue weighted by atomic mass is 9.99. The maximum absolute atomic E-state index is 3.57. The van der Waals surface area contributed by atoms with Gasteiger partial charge in [-0.05, 0) is 30.7 Å². The van der Waals surface area contributed by atoms with Gasteiger partial charge in [0.15, 0.2) is 0 Å². The number of halogens is 1. The molecule has 0 bridgehead atoms. The fourth-order valence-corrected chi connectivity index (χ4v) is 3.03. The predicted molar refractivity (Wildman–Crippen MR) is 76.2 cm³/mol. The molecule has 1 fully saturated rings. The second kappa shape index (κ2) is 5.98. The Kier molecular flexibility index (Phi) is 4.60. The number of hydrogen-bond donors (Lipinski definition) is 1. The average Bonchev–Trinajstić information content (AvgIpc) is 2.26. The molecule has 1 aliphatic rings. The average molecular weight is 297 g/mol. The summed E-state index contributed by atoms with van der Waals surface area (Å²) in [5.74, 6) is 0. The molecule has 1 atom stereocenters. The van der Waals surface area contributed by atoms with Gasteiger partial charge >= 0.3 is 0 Å². The first-order valence-electron chi connectivity index (χ1n) is 6.48. The molecule has 1 unspecified atom stereocenters. The summed E-state index contributed by atoms with van der Waals surface area (Å²) in [4.78, 5) is 2.62. The third-order valence-electron chi connectivity index (χ3n) is 3.61. The van der Waals surface area contributed by atoms with Crippen LogP contribution < -0.4 is 5.32 Å². The molecule has 0 radical (unpaired) electrons. The molecule has 1 aromatic rings. The van der Waals surface area contributed by atoms with Gasteiger partial charge in [-0.25, -0.2) is 0 Å². The van der Waals surface area contributed by atoms with Crippen molar-refractivity contribution < 1.29 is 0 Å². The van der Waals surface area contributed by atoms with E-state index in [2.05, 4.69) is 64.3 Å². The molecule has 1 saturated heterocycles. The molecule has 0 saturated carbocycles. The summed E-state index contributed by atoms with van der Waals surface area (Å²) >= 11 is 3.57. The van der Waals surface area contributed by atoms with Crippen LogP contribution in [0, 0.1) is 0 Å². The van der Waals surface area contributed by atoms with E-state index in [4.69, 9.17) is 0 Å². The Labute approximate surface area is 113 Å². The minimum absolute atomic E-state index is 0.546. The molecule has 0 aromatic heterocycles. The highest BCUT2D eigenvalue weighted by Gasteiger charge is 2.29.